The maximum atomic E-state index is 12.3. The summed E-state index contributed by atoms with van der Waals surface area (Å²) in [5, 5.41) is -0.319. The Kier molecular flexibility index (Phi) is 4.63. The zero-order chi connectivity index (χ0) is 19.1. The van der Waals surface area contributed by atoms with Crippen molar-refractivity contribution in [1.29, 1.82) is 0 Å². The summed E-state index contributed by atoms with van der Waals surface area (Å²) < 4.78 is 34.4. The molecule has 3 heterocycles. The molecule has 3 rings (SSSR count). The summed E-state index contributed by atoms with van der Waals surface area (Å²) in [6, 6.07) is 1.79. The average molecular weight is 393 g/mol. The highest BCUT2D eigenvalue weighted by Gasteiger charge is 2.26. The number of carbonyl (C=O) groups is 1. The molecule has 3 aromatic heterocycles. The number of pyridine rings is 1. The fourth-order valence-corrected chi connectivity index (χ4v) is 3.99. The molecule has 0 aliphatic heterocycles. The minimum Gasteiger partial charge on any atom is -0.481 e. The highest BCUT2D eigenvalue weighted by molar-refractivity contribution is 7.90. The molecule has 0 radical (unpaired) electrons. The van der Waals surface area contributed by atoms with Gasteiger partial charge in [0.25, 0.3) is 0 Å². The van der Waals surface area contributed by atoms with E-state index in [1.807, 2.05) is 6.92 Å². The summed E-state index contributed by atoms with van der Waals surface area (Å²) in [4.78, 5) is 24.9. The van der Waals surface area contributed by atoms with Crippen LogP contribution in [0.2, 0.25) is 0 Å². The van der Waals surface area contributed by atoms with Crippen LogP contribution in [0.15, 0.2) is 23.6 Å². The number of rotatable bonds is 4. The third-order valence-corrected chi connectivity index (χ3v) is 5.52. The van der Waals surface area contributed by atoms with Crippen LogP contribution in [0.5, 0.6) is 5.88 Å². The topological polar surface area (TPSA) is 108 Å². The highest BCUT2D eigenvalue weighted by atomic mass is 32.2. The van der Waals surface area contributed by atoms with Gasteiger partial charge in [-0.05, 0) is 18.6 Å². The molecule has 3 aromatic rings. The lowest BCUT2D eigenvalue weighted by molar-refractivity contribution is 0.0607. The minimum atomic E-state index is -3.61. The largest absolute Gasteiger partial charge is 0.481 e. The van der Waals surface area contributed by atoms with Crippen LogP contribution >= 0.6 is 11.3 Å². The second-order valence-corrected chi connectivity index (χ2v) is 8.47. The molecular formula is C16H15N3O5S2. The number of fused-ring (bicyclic) bond motifs is 1. The Bertz CT molecular complexity index is 1120. The zero-order valence-electron chi connectivity index (χ0n) is 14.4. The second kappa shape index (κ2) is 6.61. The molecule has 0 amide bonds. The van der Waals surface area contributed by atoms with Crippen molar-refractivity contribution < 1.29 is 22.7 Å². The van der Waals surface area contributed by atoms with Gasteiger partial charge in [-0.15, -0.1) is 11.3 Å². The van der Waals surface area contributed by atoms with E-state index in [4.69, 9.17) is 9.47 Å². The zero-order valence-corrected chi connectivity index (χ0v) is 16.1. The summed E-state index contributed by atoms with van der Waals surface area (Å²) in [7, 11) is -0.878. The van der Waals surface area contributed by atoms with E-state index in [9.17, 15) is 13.2 Å². The van der Waals surface area contributed by atoms with Crippen LogP contribution in [0.25, 0.3) is 21.3 Å². The van der Waals surface area contributed by atoms with E-state index in [0.717, 1.165) is 23.2 Å². The van der Waals surface area contributed by atoms with Crippen LogP contribution < -0.4 is 4.74 Å². The molecule has 10 heteroatoms. The normalized spacial score (nSPS) is 11.5. The number of esters is 1. The molecule has 0 saturated heterocycles. The van der Waals surface area contributed by atoms with Gasteiger partial charge in [-0.1, -0.05) is 0 Å². The Labute approximate surface area is 153 Å². The SMILES string of the molecule is COC(=O)c1sc2cnc(S(C)(=O)=O)nc2c1-c1cc(C)cnc1OC. The van der Waals surface area contributed by atoms with Gasteiger partial charge in [-0.25, -0.2) is 28.2 Å². The molecule has 26 heavy (non-hydrogen) atoms. The molecular weight excluding hydrogens is 378 g/mol. The lowest BCUT2D eigenvalue weighted by Gasteiger charge is -2.09. The predicted molar refractivity (Wildman–Crippen MR) is 96.4 cm³/mol. The Morgan fingerprint density at radius 1 is 1.19 bits per heavy atom. The van der Waals surface area contributed by atoms with Crippen LogP contribution in [-0.4, -0.2) is 49.8 Å². The quantitative estimate of drug-likeness (QED) is 0.490. The molecule has 0 fully saturated rings. The van der Waals surface area contributed by atoms with Gasteiger partial charge in [0.05, 0.1) is 24.4 Å². The Hall–Kier alpha value is -2.59. The van der Waals surface area contributed by atoms with Gasteiger partial charge in [0.2, 0.25) is 20.9 Å². The van der Waals surface area contributed by atoms with Crippen molar-refractivity contribution in [3.63, 3.8) is 0 Å². The Morgan fingerprint density at radius 2 is 1.92 bits per heavy atom. The van der Waals surface area contributed by atoms with Gasteiger partial charge in [-0.2, -0.15) is 0 Å². The first-order chi connectivity index (χ1) is 12.3. The van der Waals surface area contributed by atoms with E-state index in [1.54, 1.807) is 12.3 Å². The van der Waals surface area contributed by atoms with Crippen molar-refractivity contribution in [2.45, 2.75) is 12.1 Å². The monoisotopic (exact) mass is 393 g/mol. The summed E-state index contributed by atoms with van der Waals surface area (Å²) in [6.07, 6.45) is 4.04. The number of hydrogen-bond donors (Lipinski definition) is 0. The molecule has 0 unspecified atom stereocenters. The standard InChI is InChI=1S/C16H15N3O5S2/c1-8-5-9(14(23-2)17-6-8)11-12-10(25-13(11)15(20)24-3)7-18-16(19-12)26(4,21)22/h5-7H,1-4H3. The van der Waals surface area contributed by atoms with Crippen molar-refractivity contribution in [2.24, 2.45) is 0 Å². The summed E-state index contributed by atoms with van der Waals surface area (Å²) in [6.45, 7) is 1.85. The number of carbonyl (C=O) groups excluding carboxylic acids is 1. The molecule has 0 aliphatic rings. The third-order valence-electron chi connectivity index (χ3n) is 3.56. The van der Waals surface area contributed by atoms with Crippen LogP contribution in [-0.2, 0) is 14.6 Å². The maximum Gasteiger partial charge on any atom is 0.348 e. The van der Waals surface area contributed by atoms with Gasteiger partial charge in [0, 0.05) is 29.8 Å². The van der Waals surface area contributed by atoms with E-state index in [1.165, 1.54) is 20.4 Å². The molecule has 0 saturated carbocycles. The van der Waals surface area contributed by atoms with Crippen LogP contribution in [0.3, 0.4) is 0 Å². The first kappa shape index (κ1) is 18.2. The molecule has 0 aromatic carbocycles. The number of aryl methyl sites for hydroxylation is 1. The van der Waals surface area contributed by atoms with Crippen molar-refractivity contribution in [2.75, 3.05) is 20.5 Å². The fraction of sp³-hybridized carbons (Fsp3) is 0.250. The highest BCUT2D eigenvalue weighted by Crippen LogP contribution is 2.41. The van der Waals surface area contributed by atoms with Crippen molar-refractivity contribution in [3.8, 4) is 17.0 Å². The van der Waals surface area contributed by atoms with Gasteiger partial charge in [0.1, 0.15) is 4.88 Å². The number of aromatic nitrogens is 3. The molecule has 0 aliphatic carbocycles. The number of hydrogen-bond acceptors (Lipinski definition) is 9. The van der Waals surface area contributed by atoms with E-state index < -0.39 is 15.8 Å². The van der Waals surface area contributed by atoms with Crippen LogP contribution in [0.4, 0.5) is 0 Å². The van der Waals surface area contributed by atoms with Gasteiger partial charge < -0.3 is 9.47 Å². The average Bonchev–Trinajstić information content (AvgIpc) is 2.98. The smallest absolute Gasteiger partial charge is 0.348 e. The minimum absolute atomic E-state index is 0.271. The first-order valence-corrected chi connectivity index (χ1v) is 10.1. The van der Waals surface area contributed by atoms with Crippen molar-refractivity contribution in [3.05, 3.63) is 28.9 Å². The molecule has 8 nitrogen and oxygen atoms in total. The summed E-state index contributed by atoms with van der Waals surface area (Å²) in [5.74, 6) is -0.271. The fourth-order valence-electron chi connectivity index (χ4n) is 2.44. The van der Waals surface area contributed by atoms with E-state index in [0.29, 0.717) is 27.2 Å². The Morgan fingerprint density at radius 3 is 2.54 bits per heavy atom. The lowest BCUT2D eigenvalue weighted by atomic mass is 10.0. The molecule has 0 spiro atoms. The van der Waals surface area contributed by atoms with Crippen molar-refractivity contribution >= 4 is 37.4 Å². The first-order valence-electron chi connectivity index (χ1n) is 7.35. The van der Waals surface area contributed by atoms with Crippen LogP contribution in [0.1, 0.15) is 15.2 Å². The predicted octanol–water partition coefficient (Wildman–Crippen LogP) is 2.26. The third kappa shape index (κ3) is 3.13. The molecule has 0 N–H and O–H groups in total. The number of methoxy groups -OCH3 is 2. The van der Waals surface area contributed by atoms with Gasteiger partial charge in [-0.3, -0.25) is 0 Å². The molecule has 136 valence electrons. The van der Waals surface area contributed by atoms with Crippen molar-refractivity contribution in [1.82, 2.24) is 15.0 Å². The Balaban J connectivity index is 2.44. The lowest BCUT2D eigenvalue weighted by Crippen LogP contribution is -2.04. The summed E-state index contributed by atoms with van der Waals surface area (Å²) in [5.41, 5.74) is 2.11. The molecule has 0 bridgehead atoms. The van der Waals surface area contributed by atoms with Gasteiger partial charge >= 0.3 is 5.97 Å². The number of nitrogens with zero attached hydrogens (tertiary/aromatic N) is 3. The van der Waals surface area contributed by atoms with E-state index in [-0.39, 0.29) is 10.0 Å². The van der Waals surface area contributed by atoms with Gasteiger partial charge in [0.15, 0.2) is 0 Å². The van der Waals surface area contributed by atoms with E-state index in [2.05, 4.69) is 15.0 Å². The van der Waals surface area contributed by atoms with E-state index >= 15 is 0 Å². The maximum absolute atomic E-state index is 12.3. The number of sulfone groups is 1. The summed E-state index contributed by atoms with van der Waals surface area (Å²) >= 11 is 1.12. The van der Waals surface area contributed by atoms with Crippen LogP contribution in [0, 0.1) is 6.92 Å². The number of ether oxygens (including phenoxy) is 2. The molecule has 0 atom stereocenters. The number of thiophene rings is 1. The second-order valence-electron chi connectivity index (χ2n) is 5.50.